The summed E-state index contributed by atoms with van der Waals surface area (Å²) in [4.78, 5) is 0. The molecular formula is C17H28FNO. The molecule has 0 aliphatic rings. The minimum Gasteiger partial charge on any atom is -0.383 e. The van der Waals surface area contributed by atoms with Crippen molar-refractivity contribution in [2.45, 2.75) is 44.9 Å². The zero-order valence-corrected chi connectivity index (χ0v) is 12.8. The van der Waals surface area contributed by atoms with E-state index in [4.69, 9.17) is 4.74 Å². The van der Waals surface area contributed by atoms with Crippen LogP contribution in [0, 0.1) is 5.82 Å². The van der Waals surface area contributed by atoms with Gasteiger partial charge in [-0.1, -0.05) is 44.7 Å². The lowest BCUT2D eigenvalue weighted by Gasteiger charge is -2.18. The summed E-state index contributed by atoms with van der Waals surface area (Å²) in [6, 6.07) is 6.95. The summed E-state index contributed by atoms with van der Waals surface area (Å²) < 4.78 is 18.1. The fraction of sp³-hybridized carbons (Fsp3) is 0.647. The van der Waals surface area contributed by atoms with Crippen molar-refractivity contribution in [3.05, 3.63) is 35.6 Å². The van der Waals surface area contributed by atoms with Gasteiger partial charge in [-0.05, 0) is 30.0 Å². The molecule has 114 valence electrons. The lowest BCUT2D eigenvalue weighted by molar-refractivity contribution is 0.198. The summed E-state index contributed by atoms with van der Waals surface area (Å²) in [7, 11) is 1.71. The van der Waals surface area contributed by atoms with Crippen LogP contribution in [0.4, 0.5) is 4.39 Å². The molecule has 0 aliphatic heterocycles. The van der Waals surface area contributed by atoms with Crippen LogP contribution in [0.3, 0.4) is 0 Å². The molecule has 0 aliphatic carbocycles. The van der Waals surface area contributed by atoms with E-state index in [1.54, 1.807) is 19.2 Å². The first-order chi connectivity index (χ1) is 9.77. The van der Waals surface area contributed by atoms with Gasteiger partial charge in [-0.3, -0.25) is 0 Å². The molecule has 0 amide bonds. The first-order valence-electron chi connectivity index (χ1n) is 7.73. The maximum Gasteiger partial charge on any atom is 0.123 e. The van der Waals surface area contributed by atoms with E-state index < -0.39 is 0 Å². The summed E-state index contributed by atoms with van der Waals surface area (Å²) in [5.41, 5.74) is 1.23. The molecule has 0 radical (unpaired) electrons. The molecule has 1 aromatic carbocycles. The van der Waals surface area contributed by atoms with Crippen molar-refractivity contribution in [1.82, 2.24) is 5.32 Å². The summed E-state index contributed by atoms with van der Waals surface area (Å²) in [5, 5.41) is 3.42. The monoisotopic (exact) mass is 281 g/mol. The highest BCUT2D eigenvalue weighted by atomic mass is 19.1. The maximum absolute atomic E-state index is 13.0. The predicted octanol–water partition coefficient (Wildman–Crippen LogP) is 4.12. The van der Waals surface area contributed by atoms with Crippen LogP contribution < -0.4 is 5.32 Å². The highest BCUT2D eigenvalue weighted by molar-refractivity contribution is 5.20. The number of ether oxygens (including phenoxy) is 1. The molecule has 0 saturated heterocycles. The van der Waals surface area contributed by atoms with E-state index in [1.807, 2.05) is 12.1 Å². The molecule has 1 atom stereocenters. The highest BCUT2D eigenvalue weighted by Gasteiger charge is 2.11. The fourth-order valence-electron chi connectivity index (χ4n) is 2.39. The van der Waals surface area contributed by atoms with Gasteiger partial charge in [0.1, 0.15) is 5.82 Å². The molecule has 0 saturated carbocycles. The zero-order chi connectivity index (χ0) is 14.6. The van der Waals surface area contributed by atoms with Gasteiger partial charge in [-0.15, -0.1) is 0 Å². The van der Waals surface area contributed by atoms with Crippen molar-refractivity contribution in [2.75, 3.05) is 26.8 Å². The fourth-order valence-corrected chi connectivity index (χ4v) is 2.39. The van der Waals surface area contributed by atoms with Crippen LogP contribution in [0.1, 0.15) is 50.5 Å². The predicted molar refractivity (Wildman–Crippen MR) is 82.6 cm³/mol. The smallest absolute Gasteiger partial charge is 0.123 e. The average Bonchev–Trinajstić information content (AvgIpc) is 2.47. The zero-order valence-electron chi connectivity index (χ0n) is 12.8. The first kappa shape index (κ1) is 17.1. The summed E-state index contributed by atoms with van der Waals surface area (Å²) in [6.07, 6.45) is 6.24. The Morgan fingerprint density at radius 1 is 1.15 bits per heavy atom. The van der Waals surface area contributed by atoms with Crippen molar-refractivity contribution in [3.63, 3.8) is 0 Å². The molecule has 0 fully saturated rings. The molecule has 0 bridgehead atoms. The van der Waals surface area contributed by atoms with Crippen LogP contribution in [0.25, 0.3) is 0 Å². The molecule has 2 nitrogen and oxygen atoms in total. The van der Waals surface area contributed by atoms with E-state index in [-0.39, 0.29) is 5.82 Å². The number of benzene rings is 1. The third-order valence-electron chi connectivity index (χ3n) is 3.62. The number of unbranched alkanes of at least 4 members (excludes halogenated alkanes) is 3. The van der Waals surface area contributed by atoms with Gasteiger partial charge in [-0.2, -0.15) is 0 Å². The molecule has 0 heterocycles. The molecular weight excluding hydrogens is 253 g/mol. The number of hydrogen-bond acceptors (Lipinski definition) is 2. The Balaban J connectivity index is 2.47. The van der Waals surface area contributed by atoms with E-state index in [9.17, 15) is 4.39 Å². The lowest BCUT2D eigenvalue weighted by atomic mass is 9.93. The van der Waals surface area contributed by atoms with Gasteiger partial charge >= 0.3 is 0 Å². The van der Waals surface area contributed by atoms with Crippen molar-refractivity contribution < 1.29 is 9.13 Å². The average molecular weight is 281 g/mol. The van der Waals surface area contributed by atoms with E-state index in [0.717, 1.165) is 26.1 Å². The first-order valence-corrected chi connectivity index (χ1v) is 7.73. The second-order valence-electron chi connectivity index (χ2n) is 5.29. The van der Waals surface area contributed by atoms with Crippen LogP contribution in [0.15, 0.2) is 24.3 Å². The second-order valence-corrected chi connectivity index (χ2v) is 5.29. The van der Waals surface area contributed by atoms with Crippen molar-refractivity contribution >= 4 is 0 Å². The second kappa shape index (κ2) is 10.8. The lowest BCUT2D eigenvalue weighted by Crippen LogP contribution is -2.25. The Kier molecular flexibility index (Phi) is 9.25. The van der Waals surface area contributed by atoms with Crippen LogP contribution in [0.5, 0.6) is 0 Å². The van der Waals surface area contributed by atoms with Crippen molar-refractivity contribution in [2.24, 2.45) is 0 Å². The minimum atomic E-state index is -0.161. The minimum absolute atomic E-state index is 0.161. The van der Waals surface area contributed by atoms with E-state index >= 15 is 0 Å². The molecule has 1 aromatic rings. The topological polar surface area (TPSA) is 21.3 Å². The number of halogens is 1. The maximum atomic E-state index is 13.0. The highest BCUT2D eigenvalue weighted by Crippen LogP contribution is 2.22. The van der Waals surface area contributed by atoms with E-state index in [0.29, 0.717) is 5.92 Å². The van der Waals surface area contributed by atoms with Crippen molar-refractivity contribution in [3.8, 4) is 0 Å². The Morgan fingerprint density at radius 3 is 2.55 bits per heavy atom. The summed E-state index contributed by atoms with van der Waals surface area (Å²) in [5.74, 6) is 0.301. The molecule has 20 heavy (non-hydrogen) atoms. The van der Waals surface area contributed by atoms with Gasteiger partial charge in [0.05, 0.1) is 6.61 Å². The third kappa shape index (κ3) is 7.01. The van der Waals surface area contributed by atoms with Crippen LogP contribution in [-0.2, 0) is 4.74 Å². The number of nitrogens with one attached hydrogen (secondary N) is 1. The van der Waals surface area contributed by atoms with Crippen LogP contribution in [-0.4, -0.2) is 26.8 Å². The molecule has 1 unspecified atom stereocenters. The van der Waals surface area contributed by atoms with Crippen LogP contribution in [0.2, 0.25) is 0 Å². The number of hydrogen-bond donors (Lipinski definition) is 1. The van der Waals surface area contributed by atoms with E-state index in [2.05, 4.69) is 12.2 Å². The van der Waals surface area contributed by atoms with Crippen LogP contribution >= 0.6 is 0 Å². The van der Waals surface area contributed by atoms with Gasteiger partial charge in [0.25, 0.3) is 0 Å². The third-order valence-corrected chi connectivity index (χ3v) is 3.62. The summed E-state index contributed by atoms with van der Waals surface area (Å²) in [6.45, 7) is 4.75. The van der Waals surface area contributed by atoms with Crippen molar-refractivity contribution in [1.29, 1.82) is 0 Å². The van der Waals surface area contributed by atoms with Gasteiger partial charge in [0.15, 0.2) is 0 Å². The standard InChI is InChI=1S/C17H28FNO/c1-3-4-5-6-7-16(14-19-12-13-20-2)15-8-10-17(18)11-9-15/h8-11,16,19H,3-7,12-14H2,1-2H3. The number of methoxy groups -OCH3 is 1. The largest absolute Gasteiger partial charge is 0.383 e. The quantitative estimate of drug-likeness (QED) is 0.616. The normalized spacial score (nSPS) is 12.6. The molecule has 1 rings (SSSR count). The molecule has 3 heteroatoms. The molecule has 0 spiro atoms. The Bertz CT molecular complexity index is 327. The SMILES string of the molecule is CCCCCCC(CNCCOC)c1ccc(F)cc1. The van der Waals surface area contributed by atoms with Gasteiger partial charge in [0.2, 0.25) is 0 Å². The Labute approximate surface area is 122 Å². The molecule has 0 aromatic heterocycles. The van der Waals surface area contributed by atoms with Gasteiger partial charge < -0.3 is 10.1 Å². The Morgan fingerprint density at radius 2 is 1.90 bits per heavy atom. The van der Waals surface area contributed by atoms with Gasteiger partial charge in [-0.25, -0.2) is 4.39 Å². The van der Waals surface area contributed by atoms with Gasteiger partial charge in [0, 0.05) is 20.2 Å². The van der Waals surface area contributed by atoms with E-state index in [1.165, 1.54) is 31.2 Å². The number of rotatable bonds is 11. The summed E-state index contributed by atoms with van der Waals surface area (Å²) >= 11 is 0. The molecule has 1 N–H and O–H groups in total. The Hall–Kier alpha value is -0.930.